The maximum absolute atomic E-state index is 10.6. The summed E-state index contributed by atoms with van der Waals surface area (Å²) < 4.78 is 0. The molecule has 1 rings (SSSR count). The first-order valence-electron chi connectivity index (χ1n) is 5.61. The van der Waals surface area contributed by atoms with Gasteiger partial charge >= 0.3 is 6.09 Å². The number of nitrogens with one attached hydrogen (secondary N) is 3. The minimum atomic E-state index is -0.915. The van der Waals surface area contributed by atoms with Crippen LogP contribution in [0.1, 0.15) is 25.7 Å². The Bertz CT molecular complexity index is 208. The summed E-state index contributed by atoms with van der Waals surface area (Å²) in [5.41, 5.74) is 0. The highest BCUT2D eigenvalue weighted by Crippen LogP contribution is 2.18. The summed E-state index contributed by atoms with van der Waals surface area (Å²) in [5, 5.41) is 17.7. The first-order chi connectivity index (χ1) is 7.24. The number of hydrogen-bond acceptors (Lipinski definition) is 3. The van der Waals surface area contributed by atoms with Crippen LogP contribution < -0.4 is 16.0 Å². The van der Waals surface area contributed by atoms with Crippen molar-refractivity contribution in [2.75, 3.05) is 20.1 Å². The SMILES string of the molecule is CNCCN[C@@H]1CCCC[C@H]1NC(=O)O.Cl.Cl. The lowest BCUT2D eigenvalue weighted by Crippen LogP contribution is -2.52. The minimum absolute atomic E-state index is 0. The molecule has 0 aliphatic heterocycles. The topological polar surface area (TPSA) is 73.4 Å². The smallest absolute Gasteiger partial charge is 0.404 e. The van der Waals surface area contributed by atoms with E-state index in [2.05, 4.69) is 16.0 Å². The molecule has 1 aliphatic carbocycles. The lowest BCUT2D eigenvalue weighted by atomic mass is 9.90. The Morgan fingerprint density at radius 1 is 1.18 bits per heavy atom. The zero-order valence-electron chi connectivity index (χ0n) is 10.1. The third-order valence-electron chi connectivity index (χ3n) is 2.86. The number of likely N-dealkylation sites (N-methyl/N-ethyl adjacent to an activating group) is 1. The van der Waals surface area contributed by atoms with E-state index in [1.165, 1.54) is 6.42 Å². The molecule has 1 saturated carbocycles. The van der Waals surface area contributed by atoms with Crippen LogP contribution in [0.2, 0.25) is 0 Å². The van der Waals surface area contributed by atoms with Crippen LogP contribution in [0.3, 0.4) is 0 Å². The van der Waals surface area contributed by atoms with Crippen molar-refractivity contribution in [3.05, 3.63) is 0 Å². The highest BCUT2D eigenvalue weighted by Gasteiger charge is 2.25. The van der Waals surface area contributed by atoms with Crippen LogP contribution in [0.15, 0.2) is 0 Å². The predicted octanol–water partition coefficient (Wildman–Crippen LogP) is 1.22. The van der Waals surface area contributed by atoms with Crippen molar-refractivity contribution >= 4 is 30.9 Å². The van der Waals surface area contributed by atoms with Crippen molar-refractivity contribution in [1.82, 2.24) is 16.0 Å². The number of hydrogen-bond donors (Lipinski definition) is 4. The Hall–Kier alpha value is -0.230. The number of carbonyl (C=O) groups is 1. The molecule has 2 atom stereocenters. The zero-order chi connectivity index (χ0) is 11.1. The van der Waals surface area contributed by atoms with Gasteiger partial charge in [0.2, 0.25) is 0 Å². The maximum Gasteiger partial charge on any atom is 0.404 e. The molecule has 1 aliphatic rings. The molecule has 0 radical (unpaired) electrons. The van der Waals surface area contributed by atoms with Crippen molar-refractivity contribution in [3.8, 4) is 0 Å². The van der Waals surface area contributed by atoms with Gasteiger partial charge in [0, 0.05) is 25.2 Å². The second kappa shape index (κ2) is 10.9. The number of halogens is 2. The summed E-state index contributed by atoms with van der Waals surface area (Å²) in [4.78, 5) is 10.6. The molecule has 0 aromatic carbocycles. The van der Waals surface area contributed by atoms with Crippen molar-refractivity contribution in [1.29, 1.82) is 0 Å². The molecule has 0 aromatic heterocycles. The Labute approximate surface area is 115 Å². The van der Waals surface area contributed by atoms with E-state index in [0.717, 1.165) is 32.4 Å². The minimum Gasteiger partial charge on any atom is -0.465 e. The number of amides is 1. The monoisotopic (exact) mass is 287 g/mol. The van der Waals surface area contributed by atoms with Crippen molar-refractivity contribution in [2.45, 2.75) is 37.8 Å². The summed E-state index contributed by atoms with van der Waals surface area (Å²) in [7, 11) is 1.91. The van der Waals surface area contributed by atoms with E-state index < -0.39 is 6.09 Å². The molecule has 1 fully saturated rings. The van der Waals surface area contributed by atoms with Gasteiger partial charge < -0.3 is 21.1 Å². The van der Waals surface area contributed by atoms with Gasteiger partial charge in [-0.3, -0.25) is 0 Å². The molecule has 0 spiro atoms. The summed E-state index contributed by atoms with van der Waals surface area (Å²) in [6.45, 7) is 1.80. The van der Waals surface area contributed by atoms with Gasteiger partial charge in [0.05, 0.1) is 0 Å². The van der Waals surface area contributed by atoms with Gasteiger partial charge in [-0.2, -0.15) is 0 Å². The summed E-state index contributed by atoms with van der Waals surface area (Å²) in [6.07, 6.45) is 3.41. The van der Waals surface area contributed by atoms with E-state index in [4.69, 9.17) is 5.11 Å². The maximum atomic E-state index is 10.6. The molecule has 7 heteroatoms. The molecule has 0 bridgehead atoms. The Kier molecular flexibility index (Phi) is 12.3. The zero-order valence-corrected chi connectivity index (χ0v) is 11.7. The van der Waals surface area contributed by atoms with Crippen LogP contribution in [0, 0.1) is 0 Å². The van der Waals surface area contributed by atoms with Crippen LogP contribution in [0.25, 0.3) is 0 Å². The lowest BCUT2D eigenvalue weighted by molar-refractivity contribution is 0.179. The Morgan fingerprint density at radius 3 is 2.29 bits per heavy atom. The standard InChI is InChI=1S/C10H21N3O2.2ClH/c1-11-6-7-12-8-4-2-3-5-9(8)13-10(14)15;;/h8-9,11-13H,2-7H2,1H3,(H,14,15);2*1H/t8-,9-;;/m1../s1. The van der Waals surface area contributed by atoms with E-state index in [0.29, 0.717) is 6.04 Å². The van der Waals surface area contributed by atoms with E-state index in [-0.39, 0.29) is 30.9 Å². The van der Waals surface area contributed by atoms with Crippen molar-refractivity contribution in [2.24, 2.45) is 0 Å². The van der Waals surface area contributed by atoms with Gasteiger partial charge in [0.1, 0.15) is 0 Å². The van der Waals surface area contributed by atoms with Gasteiger partial charge in [-0.25, -0.2) is 4.79 Å². The average Bonchev–Trinajstić information content (AvgIpc) is 2.20. The largest absolute Gasteiger partial charge is 0.465 e. The van der Waals surface area contributed by atoms with Gasteiger partial charge in [-0.15, -0.1) is 24.8 Å². The summed E-state index contributed by atoms with van der Waals surface area (Å²) in [6, 6.07) is 0.372. The van der Waals surface area contributed by atoms with E-state index >= 15 is 0 Å². The first kappa shape index (κ1) is 19.1. The van der Waals surface area contributed by atoms with E-state index in [9.17, 15) is 4.79 Å². The van der Waals surface area contributed by atoms with Crippen LogP contribution >= 0.6 is 24.8 Å². The third kappa shape index (κ3) is 7.65. The number of carboxylic acid groups (broad SMARTS) is 1. The quantitative estimate of drug-likeness (QED) is 0.574. The molecule has 0 aromatic rings. The molecule has 0 heterocycles. The van der Waals surface area contributed by atoms with Gasteiger partial charge in [-0.05, 0) is 19.9 Å². The molecule has 0 unspecified atom stereocenters. The highest BCUT2D eigenvalue weighted by molar-refractivity contribution is 5.85. The van der Waals surface area contributed by atoms with E-state index in [1.54, 1.807) is 0 Å². The molecule has 5 nitrogen and oxygen atoms in total. The molecule has 1 amide bonds. The van der Waals surface area contributed by atoms with E-state index in [1.807, 2.05) is 7.05 Å². The molecular weight excluding hydrogens is 265 g/mol. The van der Waals surface area contributed by atoms with Crippen molar-refractivity contribution in [3.63, 3.8) is 0 Å². The Morgan fingerprint density at radius 2 is 1.76 bits per heavy atom. The molecule has 4 N–H and O–H groups in total. The van der Waals surface area contributed by atoms with Crippen LogP contribution in [0.5, 0.6) is 0 Å². The number of rotatable bonds is 5. The predicted molar refractivity (Wildman–Crippen MR) is 73.6 cm³/mol. The highest BCUT2D eigenvalue weighted by atomic mass is 35.5. The van der Waals surface area contributed by atoms with Gasteiger partial charge in [0.25, 0.3) is 0 Å². The summed E-state index contributed by atoms with van der Waals surface area (Å²) >= 11 is 0. The second-order valence-corrected chi connectivity index (χ2v) is 4.00. The summed E-state index contributed by atoms with van der Waals surface area (Å²) in [5.74, 6) is 0. The molecule has 17 heavy (non-hydrogen) atoms. The fourth-order valence-corrected chi connectivity index (χ4v) is 2.09. The third-order valence-corrected chi connectivity index (χ3v) is 2.86. The first-order valence-corrected chi connectivity index (χ1v) is 5.61. The van der Waals surface area contributed by atoms with Crippen molar-refractivity contribution < 1.29 is 9.90 Å². The van der Waals surface area contributed by atoms with Crippen LogP contribution in [-0.4, -0.2) is 43.4 Å². The van der Waals surface area contributed by atoms with Gasteiger partial charge in [0.15, 0.2) is 0 Å². The average molecular weight is 288 g/mol. The Balaban J connectivity index is 0. The van der Waals surface area contributed by atoms with Crippen LogP contribution in [0.4, 0.5) is 4.79 Å². The molecule has 0 saturated heterocycles. The lowest BCUT2D eigenvalue weighted by Gasteiger charge is -2.32. The molecular formula is C10H23Cl2N3O2. The van der Waals surface area contributed by atoms with Crippen LogP contribution in [-0.2, 0) is 0 Å². The van der Waals surface area contributed by atoms with Gasteiger partial charge in [-0.1, -0.05) is 12.8 Å². The fourth-order valence-electron chi connectivity index (χ4n) is 2.09. The fraction of sp³-hybridized carbons (Fsp3) is 0.900. The normalized spacial score (nSPS) is 23.1. The molecule has 104 valence electrons. The second-order valence-electron chi connectivity index (χ2n) is 4.00.